The van der Waals surface area contributed by atoms with Gasteiger partial charge >= 0.3 is 8.60 Å². The highest BCUT2D eigenvalue weighted by molar-refractivity contribution is 7.43. The van der Waals surface area contributed by atoms with Gasteiger partial charge in [0.15, 0.2) is 23.0 Å². The normalized spacial score (nSPS) is 15.8. The van der Waals surface area contributed by atoms with Crippen molar-refractivity contribution < 1.29 is 27.6 Å². The number of hydrogen-bond donors (Lipinski definition) is 0. The van der Waals surface area contributed by atoms with Gasteiger partial charge in [-0.05, 0) is 38.1 Å². The molecule has 2 aromatic carbocycles. The topological polar surface area (TPSA) is 55.4 Å². The smallest absolute Gasteiger partial charge is 0.463 e. The van der Waals surface area contributed by atoms with Crippen molar-refractivity contribution in [2.45, 2.75) is 32.5 Å². The molecule has 1 aliphatic heterocycles. The van der Waals surface area contributed by atoms with Crippen LogP contribution in [0.4, 0.5) is 0 Å². The van der Waals surface area contributed by atoms with E-state index in [4.69, 9.17) is 27.6 Å². The van der Waals surface area contributed by atoms with Gasteiger partial charge in [-0.25, -0.2) is 0 Å². The fraction of sp³-hybridized carbons (Fsp3) is 0.368. The van der Waals surface area contributed by atoms with Crippen LogP contribution in [0.5, 0.6) is 23.0 Å². The van der Waals surface area contributed by atoms with E-state index < -0.39 is 8.60 Å². The Kier molecular flexibility index (Phi) is 7.54. The number of rotatable bonds is 10. The second-order valence-corrected chi connectivity index (χ2v) is 7.85. The zero-order chi connectivity index (χ0) is 19.1. The maximum absolute atomic E-state index is 5.87. The molecule has 0 fully saturated rings. The molecule has 0 radical (unpaired) electrons. The second kappa shape index (κ2) is 10.1. The van der Waals surface area contributed by atoms with Gasteiger partial charge in [0.25, 0.3) is 0 Å². The molecule has 0 spiro atoms. The zero-order valence-electron chi connectivity index (χ0n) is 15.6. The van der Waals surface area contributed by atoms with E-state index in [2.05, 4.69) is 0 Å². The van der Waals surface area contributed by atoms with Gasteiger partial charge in [-0.1, -0.05) is 24.3 Å². The fourth-order valence-corrected chi connectivity index (χ4v) is 4.34. The van der Waals surface area contributed by atoms with E-state index in [1.165, 1.54) is 0 Å². The minimum absolute atomic E-state index is 0.0413. The van der Waals surface area contributed by atoms with Gasteiger partial charge in [-0.3, -0.25) is 4.52 Å². The molecule has 0 amide bonds. The first-order valence-corrected chi connectivity index (χ1v) is 10.9. The van der Waals surface area contributed by atoms with Crippen LogP contribution < -0.4 is 18.5 Å². The monoisotopic (exact) mass is 410 g/mol. The molecule has 3 rings (SSSR count). The predicted molar refractivity (Wildman–Crippen MR) is 107 cm³/mol. The van der Waals surface area contributed by atoms with E-state index in [1.807, 2.05) is 62.4 Å². The summed E-state index contributed by atoms with van der Waals surface area (Å²) < 4.78 is 34.0. The summed E-state index contributed by atoms with van der Waals surface area (Å²) in [5.41, 5.74) is 0. The van der Waals surface area contributed by atoms with Gasteiger partial charge in [-0.15, -0.1) is 0 Å². The van der Waals surface area contributed by atoms with Crippen molar-refractivity contribution in [2.24, 2.45) is 0 Å². The highest BCUT2D eigenvalue weighted by Crippen LogP contribution is 2.53. The Bertz CT molecular complexity index is 704. The van der Waals surface area contributed by atoms with Crippen LogP contribution in [0.3, 0.4) is 0 Å². The molecule has 0 aromatic heterocycles. The lowest BCUT2D eigenvalue weighted by Crippen LogP contribution is -2.16. The summed E-state index contributed by atoms with van der Waals surface area (Å²) in [7, 11) is 0.469. The third-order valence-electron chi connectivity index (χ3n) is 3.76. The van der Waals surface area contributed by atoms with Gasteiger partial charge < -0.3 is 23.0 Å². The molecule has 3 atom stereocenters. The van der Waals surface area contributed by atoms with Crippen LogP contribution in [0, 0.1) is 0 Å². The molecule has 2 aromatic rings. The summed E-state index contributed by atoms with van der Waals surface area (Å²) in [6.45, 7) is 4.01. The Labute approximate surface area is 162 Å². The van der Waals surface area contributed by atoms with E-state index in [9.17, 15) is 0 Å². The van der Waals surface area contributed by atoms with Crippen LogP contribution in [0.1, 0.15) is 20.3 Å². The number of hydrogen-bond acceptors (Lipinski definition) is 6. The lowest BCUT2D eigenvalue weighted by molar-refractivity contribution is 0.134. The van der Waals surface area contributed by atoms with Crippen LogP contribution in [-0.4, -0.2) is 25.7 Å². The largest absolute Gasteiger partial charge is 0.493 e. The molecule has 8 heteroatoms. The number of ether oxygens (including phenoxy) is 2. The summed E-state index contributed by atoms with van der Waals surface area (Å²) in [5.74, 6) is 2.90. The molecule has 0 saturated carbocycles. The molecule has 0 aliphatic carbocycles. The molecule has 0 saturated heterocycles. The first-order chi connectivity index (χ1) is 13.2. The Balaban J connectivity index is 1.33. The molecular formula is C19H24O6P2. The van der Waals surface area contributed by atoms with Crippen molar-refractivity contribution in [3.8, 4) is 23.0 Å². The van der Waals surface area contributed by atoms with Crippen LogP contribution in [0.25, 0.3) is 0 Å². The SMILES string of the molecule is COc1ccccc1OCPOC(C)CC(C)OP1Oc2ccccc2O1. The molecule has 6 nitrogen and oxygen atoms in total. The molecule has 3 unspecified atom stereocenters. The summed E-state index contributed by atoms with van der Waals surface area (Å²) in [6, 6.07) is 15.1. The molecule has 0 N–H and O–H groups in total. The number of fused-ring (bicyclic) bond motifs is 1. The van der Waals surface area contributed by atoms with Gasteiger partial charge in [0.05, 0.1) is 28.1 Å². The lowest BCUT2D eigenvalue weighted by atomic mass is 10.2. The highest BCUT2D eigenvalue weighted by atomic mass is 31.2. The standard InChI is InChI=1S/C19H24O6P2/c1-14(22-26-13-21-17-9-5-4-8-16(17)20-3)12-15(2)23-27-24-18-10-6-7-11-19(18)25-27/h4-11,14-15,26H,12-13H2,1-3H3. The number of benzene rings is 2. The van der Waals surface area contributed by atoms with Gasteiger partial charge in [-0.2, -0.15) is 0 Å². The van der Waals surface area contributed by atoms with Crippen molar-refractivity contribution >= 4 is 17.4 Å². The van der Waals surface area contributed by atoms with Crippen LogP contribution in [0.15, 0.2) is 48.5 Å². The lowest BCUT2D eigenvalue weighted by Gasteiger charge is -2.19. The molecular weight excluding hydrogens is 386 g/mol. The van der Waals surface area contributed by atoms with E-state index >= 15 is 0 Å². The average molecular weight is 410 g/mol. The van der Waals surface area contributed by atoms with Gasteiger partial charge in [0.2, 0.25) is 0 Å². The number of para-hydroxylation sites is 4. The van der Waals surface area contributed by atoms with Crippen molar-refractivity contribution in [3.05, 3.63) is 48.5 Å². The van der Waals surface area contributed by atoms with Crippen molar-refractivity contribution in [2.75, 3.05) is 13.5 Å². The first-order valence-electron chi connectivity index (χ1n) is 8.72. The highest BCUT2D eigenvalue weighted by Gasteiger charge is 2.29. The Morgan fingerprint density at radius 3 is 2.22 bits per heavy atom. The van der Waals surface area contributed by atoms with Crippen LogP contribution in [-0.2, 0) is 9.05 Å². The van der Waals surface area contributed by atoms with E-state index in [0.717, 1.165) is 29.4 Å². The Morgan fingerprint density at radius 2 is 1.56 bits per heavy atom. The van der Waals surface area contributed by atoms with Gasteiger partial charge in [0, 0.05) is 6.42 Å². The van der Waals surface area contributed by atoms with Crippen molar-refractivity contribution in [1.82, 2.24) is 0 Å². The van der Waals surface area contributed by atoms with Crippen molar-refractivity contribution in [3.63, 3.8) is 0 Å². The molecule has 1 heterocycles. The third kappa shape index (κ3) is 5.95. The van der Waals surface area contributed by atoms with E-state index in [-0.39, 0.29) is 21.0 Å². The maximum atomic E-state index is 5.87. The summed E-state index contributed by atoms with van der Waals surface area (Å²) in [4.78, 5) is 0. The zero-order valence-corrected chi connectivity index (χ0v) is 17.5. The minimum atomic E-state index is -1.39. The molecule has 27 heavy (non-hydrogen) atoms. The van der Waals surface area contributed by atoms with E-state index in [1.54, 1.807) is 7.11 Å². The average Bonchev–Trinajstić information content (AvgIpc) is 3.07. The van der Waals surface area contributed by atoms with Crippen LogP contribution >= 0.6 is 17.4 Å². The Morgan fingerprint density at radius 1 is 0.926 bits per heavy atom. The minimum Gasteiger partial charge on any atom is -0.493 e. The Hall–Kier alpha value is -1.58. The quantitative estimate of drug-likeness (QED) is 0.380. The number of methoxy groups -OCH3 is 1. The first kappa shape index (κ1) is 20.2. The van der Waals surface area contributed by atoms with Crippen molar-refractivity contribution in [1.29, 1.82) is 0 Å². The van der Waals surface area contributed by atoms with Crippen LogP contribution in [0.2, 0.25) is 0 Å². The summed E-state index contributed by atoms with van der Waals surface area (Å²) in [6.07, 6.45) is 1.22. The third-order valence-corrected chi connectivity index (χ3v) is 5.82. The molecule has 0 bridgehead atoms. The molecule has 146 valence electrons. The maximum Gasteiger partial charge on any atom is 0.463 e. The fourth-order valence-electron chi connectivity index (χ4n) is 2.55. The van der Waals surface area contributed by atoms with Gasteiger partial charge in [0.1, 0.15) is 6.35 Å². The van der Waals surface area contributed by atoms with E-state index in [0.29, 0.717) is 6.35 Å². The summed E-state index contributed by atoms with van der Waals surface area (Å²) in [5, 5.41) is 0. The predicted octanol–water partition coefficient (Wildman–Crippen LogP) is 5.52. The second-order valence-electron chi connectivity index (χ2n) is 6.02. The summed E-state index contributed by atoms with van der Waals surface area (Å²) >= 11 is 0. The molecule has 1 aliphatic rings.